The van der Waals surface area contributed by atoms with Crippen molar-refractivity contribution in [2.45, 2.75) is 19.6 Å². The summed E-state index contributed by atoms with van der Waals surface area (Å²) in [6.07, 6.45) is 1.68. The summed E-state index contributed by atoms with van der Waals surface area (Å²) in [7, 11) is 0. The summed E-state index contributed by atoms with van der Waals surface area (Å²) in [4.78, 5) is 30.0. The molecule has 2 aromatic carbocycles. The molecule has 2 aromatic heterocycles. The van der Waals surface area contributed by atoms with Gasteiger partial charge in [-0.15, -0.1) is 0 Å². The zero-order chi connectivity index (χ0) is 21.4. The number of nitrogens with one attached hydrogen (secondary N) is 1. The van der Waals surface area contributed by atoms with Crippen LogP contribution >= 0.6 is 0 Å². The van der Waals surface area contributed by atoms with E-state index in [0.717, 1.165) is 42.3 Å². The van der Waals surface area contributed by atoms with Crippen LogP contribution in [0.5, 0.6) is 0 Å². The number of nitro benzene ring substituents is 1. The minimum atomic E-state index is -0.520. The monoisotopic (exact) mass is 417 g/mol. The van der Waals surface area contributed by atoms with Gasteiger partial charge in [-0.3, -0.25) is 19.8 Å². The molecule has 0 saturated heterocycles. The van der Waals surface area contributed by atoms with Crippen LogP contribution in [0.4, 0.5) is 11.4 Å². The van der Waals surface area contributed by atoms with Crippen LogP contribution in [0.3, 0.4) is 0 Å². The van der Waals surface area contributed by atoms with Crippen molar-refractivity contribution in [2.75, 3.05) is 11.9 Å². The molecule has 0 saturated carbocycles. The Morgan fingerprint density at radius 3 is 2.87 bits per heavy atom. The van der Waals surface area contributed by atoms with Crippen molar-refractivity contribution >= 4 is 28.3 Å². The van der Waals surface area contributed by atoms with Gasteiger partial charge >= 0.3 is 0 Å². The normalized spacial score (nSPS) is 13.8. The lowest BCUT2D eigenvalue weighted by Gasteiger charge is -2.26. The van der Waals surface area contributed by atoms with E-state index < -0.39 is 10.8 Å². The molecule has 0 spiro atoms. The van der Waals surface area contributed by atoms with Gasteiger partial charge in [0, 0.05) is 36.5 Å². The second-order valence-corrected chi connectivity index (χ2v) is 7.43. The van der Waals surface area contributed by atoms with Crippen LogP contribution in [0.2, 0.25) is 0 Å². The number of imidazole rings is 1. The first-order valence-corrected chi connectivity index (χ1v) is 9.86. The van der Waals surface area contributed by atoms with E-state index in [2.05, 4.69) is 14.8 Å². The highest BCUT2D eigenvalue weighted by atomic mass is 16.6. The van der Waals surface area contributed by atoms with Crippen molar-refractivity contribution in [3.8, 4) is 0 Å². The summed E-state index contributed by atoms with van der Waals surface area (Å²) in [5.41, 5.74) is 2.51. The Morgan fingerprint density at radius 1 is 1.16 bits per heavy atom. The van der Waals surface area contributed by atoms with E-state index >= 15 is 0 Å². The number of fused-ring (bicyclic) bond motifs is 3. The quantitative estimate of drug-likeness (QED) is 0.391. The number of benzene rings is 2. The first-order chi connectivity index (χ1) is 15.1. The molecule has 156 valence electrons. The molecule has 1 aliphatic rings. The van der Waals surface area contributed by atoms with Gasteiger partial charge in [-0.1, -0.05) is 6.07 Å². The molecule has 0 aliphatic carbocycles. The third-order valence-electron chi connectivity index (χ3n) is 5.37. The SMILES string of the molecule is O=C(Nc1ccc2c(c1)nc1n2CCN(Cc2ccco2)C1)c1cccc([N+](=O)[O-])c1. The zero-order valence-electron chi connectivity index (χ0n) is 16.5. The molecule has 1 N–H and O–H groups in total. The maximum absolute atomic E-state index is 12.5. The van der Waals surface area contributed by atoms with Crippen molar-refractivity contribution in [3.63, 3.8) is 0 Å². The molecule has 0 unspecified atom stereocenters. The molecule has 31 heavy (non-hydrogen) atoms. The fourth-order valence-corrected chi connectivity index (χ4v) is 3.87. The van der Waals surface area contributed by atoms with Crippen LogP contribution in [0.1, 0.15) is 21.9 Å². The lowest BCUT2D eigenvalue weighted by Crippen LogP contribution is -2.33. The van der Waals surface area contributed by atoms with Gasteiger partial charge in [-0.25, -0.2) is 4.98 Å². The predicted octanol–water partition coefficient (Wildman–Crippen LogP) is 3.81. The molecule has 9 nitrogen and oxygen atoms in total. The number of carbonyl (C=O) groups excluding carboxylic acids is 1. The highest BCUT2D eigenvalue weighted by Gasteiger charge is 2.21. The van der Waals surface area contributed by atoms with Crippen molar-refractivity contribution in [3.05, 3.63) is 88.1 Å². The summed E-state index contributed by atoms with van der Waals surface area (Å²) < 4.78 is 7.64. The number of hydrogen-bond acceptors (Lipinski definition) is 6. The molecule has 1 aliphatic heterocycles. The van der Waals surface area contributed by atoms with E-state index in [0.29, 0.717) is 12.2 Å². The Kier molecular flexibility index (Phi) is 4.72. The molecular weight excluding hydrogens is 398 g/mol. The minimum Gasteiger partial charge on any atom is -0.468 e. The lowest BCUT2D eigenvalue weighted by molar-refractivity contribution is -0.384. The summed E-state index contributed by atoms with van der Waals surface area (Å²) in [6.45, 7) is 3.17. The zero-order valence-corrected chi connectivity index (χ0v) is 16.5. The number of furan rings is 1. The van der Waals surface area contributed by atoms with Crippen LogP contribution in [0.15, 0.2) is 65.3 Å². The molecule has 1 amide bonds. The molecule has 0 bridgehead atoms. The highest BCUT2D eigenvalue weighted by molar-refractivity contribution is 6.05. The molecule has 5 rings (SSSR count). The Balaban J connectivity index is 1.35. The maximum atomic E-state index is 12.5. The molecule has 0 atom stereocenters. The second-order valence-electron chi connectivity index (χ2n) is 7.43. The number of rotatable bonds is 5. The van der Waals surface area contributed by atoms with E-state index in [9.17, 15) is 14.9 Å². The van der Waals surface area contributed by atoms with Crippen LogP contribution < -0.4 is 5.32 Å². The summed E-state index contributed by atoms with van der Waals surface area (Å²) in [5, 5.41) is 13.7. The van der Waals surface area contributed by atoms with Gasteiger partial charge in [0.05, 0.1) is 35.3 Å². The maximum Gasteiger partial charge on any atom is 0.270 e. The van der Waals surface area contributed by atoms with E-state index in [4.69, 9.17) is 9.40 Å². The molecule has 4 aromatic rings. The number of nitro groups is 1. The number of carbonyl (C=O) groups is 1. The number of non-ortho nitro benzene ring substituents is 1. The standard InChI is InChI=1S/C22H19N5O4/c28-22(15-3-1-4-17(11-15)27(29)30)23-16-6-7-20-19(12-16)24-21-14-25(8-9-26(20)21)13-18-5-2-10-31-18/h1-7,10-12H,8-9,13-14H2,(H,23,28). The molecular formula is C22H19N5O4. The van der Waals surface area contributed by atoms with Crippen molar-refractivity contribution in [2.24, 2.45) is 0 Å². The van der Waals surface area contributed by atoms with Gasteiger partial charge in [-0.2, -0.15) is 0 Å². The average Bonchev–Trinajstić information content (AvgIpc) is 3.40. The van der Waals surface area contributed by atoms with Gasteiger partial charge in [0.1, 0.15) is 11.6 Å². The van der Waals surface area contributed by atoms with Crippen LogP contribution in [-0.2, 0) is 19.6 Å². The number of hydrogen-bond donors (Lipinski definition) is 1. The fraction of sp³-hybridized carbons (Fsp3) is 0.182. The smallest absolute Gasteiger partial charge is 0.270 e. The van der Waals surface area contributed by atoms with Gasteiger partial charge in [-0.05, 0) is 36.4 Å². The molecule has 0 fully saturated rings. The fourth-order valence-electron chi connectivity index (χ4n) is 3.87. The number of nitrogens with zero attached hydrogens (tertiary/aromatic N) is 4. The van der Waals surface area contributed by atoms with Crippen LogP contribution in [0, 0.1) is 10.1 Å². The molecule has 0 radical (unpaired) electrons. The summed E-state index contributed by atoms with van der Waals surface area (Å²) >= 11 is 0. The van der Waals surface area contributed by atoms with Crippen LogP contribution in [0.25, 0.3) is 11.0 Å². The van der Waals surface area contributed by atoms with Gasteiger partial charge in [0.25, 0.3) is 11.6 Å². The first kappa shape index (κ1) is 19.0. The average molecular weight is 417 g/mol. The summed E-state index contributed by atoms with van der Waals surface area (Å²) in [6, 6.07) is 15.1. The Morgan fingerprint density at radius 2 is 2.06 bits per heavy atom. The van der Waals surface area contributed by atoms with Crippen LogP contribution in [-0.4, -0.2) is 31.8 Å². The van der Waals surface area contributed by atoms with Gasteiger partial charge in [0.15, 0.2) is 0 Å². The number of anilines is 1. The largest absolute Gasteiger partial charge is 0.468 e. The first-order valence-electron chi connectivity index (χ1n) is 9.86. The minimum absolute atomic E-state index is 0.121. The van der Waals surface area contributed by atoms with E-state index in [1.54, 1.807) is 12.3 Å². The topological polar surface area (TPSA) is 106 Å². The van der Waals surface area contributed by atoms with Crippen molar-refractivity contribution < 1.29 is 14.1 Å². The Bertz CT molecular complexity index is 1280. The number of aromatic nitrogens is 2. The van der Waals surface area contributed by atoms with Gasteiger partial charge in [0.2, 0.25) is 0 Å². The van der Waals surface area contributed by atoms with Gasteiger partial charge < -0.3 is 14.3 Å². The second kappa shape index (κ2) is 7.69. The van der Waals surface area contributed by atoms with E-state index in [-0.39, 0.29) is 11.3 Å². The van der Waals surface area contributed by atoms with Crippen molar-refractivity contribution in [1.82, 2.24) is 14.5 Å². The lowest BCUT2D eigenvalue weighted by atomic mass is 10.2. The van der Waals surface area contributed by atoms with Crippen molar-refractivity contribution in [1.29, 1.82) is 0 Å². The predicted molar refractivity (Wildman–Crippen MR) is 114 cm³/mol. The third kappa shape index (κ3) is 3.78. The third-order valence-corrected chi connectivity index (χ3v) is 5.37. The summed E-state index contributed by atoms with van der Waals surface area (Å²) in [5.74, 6) is 1.49. The molecule has 3 heterocycles. The van der Waals surface area contributed by atoms with E-state index in [1.165, 1.54) is 18.2 Å². The number of amides is 1. The highest BCUT2D eigenvalue weighted by Crippen LogP contribution is 2.25. The Hall–Kier alpha value is -3.98. The van der Waals surface area contributed by atoms with E-state index in [1.807, 2.05) is 30.3 Å². The molecule has 9 heteroatoms. The Labute approximate surface area is 177 Å².